The van der Waals surface area contributed by atoms with Crippen LogP contribution in [0.15, 0.2) is 49.3 Å². The molecule has 3 heteroatoms. The van der Waals surface area contributed by atoms with Gasteiger partial charge in [-0.05, 0) is 56.4 Å². The van der Waals surface area contributed by atoms with E-state index in [0.717, 1.165) is 19.4 Å². The summed E-state index contributed by atoms with van der Waals surface area (Å²) in [5.74, 6) is 0. The lowest BCUT2D eigenvalue weighted by Gasteiger charge is -2.42. The number of aromatic nitrogens is 2. The van der Waals surface area contributed by atoms with Crippen LogP contribution in [0.2, 0.25) is 0 Å². The van der Waals surface area contributed by atoms with E-state index >= 15 is 0 Å². The quantitative estimate of drug-likeness (QED) is 0.776. The van der Waals surface area contributed by atoms with E-state index < -0.39 is 0 Å². The predicted molar refractivity (Wildman–Crippen MR) is 94.2 cm³/mol. The van der Waals surface area contributed by atoms with Crippen molar-refractivity contribution in [1.29, 1.82) is 0 Å². The lowest BCUT2D eigenvalue weighted by molar-refractivity contribution is 0.0903. The molecule has 0 radical (unpaired) electrons. The minimum absolute atomic E-state index is 0.342. The Bertz CT molecular complexity index is 627. The average Bonchev–Trinajstić information content (AvgIpc) is 2.57. The molecule has 1 fully saturated rings. The average molecular weight is 307 g/mol. The summed E-state index contributed by atoms with van der Waals surface area (Å²) in [7, 11) is 0. The molecule has 0 spiro atoms. The Kier molecular flexibility index (Phi) is 4.87. The molecule has 0 aromatic carbocycles. The Labute approximate surface area is 139 Å². The van der Waals surface area contributed by atoms with Gasteiger partial charge in [0.1, 0.15) is 0 Å². The van der Waals surface area contributed by atoms with Crippen LogP contribution in [-0.4, -0.2) is 21.4 Å². The van der Waals surface area contributed by atoms with Gasteiger partial charge in [-0.2, -0.15) is 0 Å². The summed E-state index contributed by atoms with van der Waals surface area (Å²) < 4.78 is 0. The van der Waals surface area contributed by atoms with E-state index in [1.165, 1.54) is 28.9 Å². The number of aryl methyl sites for hydroxylation is 2. The third kappa shape index (κ3) is 3.20. The van der Waals surface area contributed by atoms with Crippen LogP contribution >= 0.6 is 0 Å². The predicted octanol–water partition coefficient (Wildman–Crippen LogP) is 4.55. The molecule has 0 bridgehead atoms. The van der Waals surface area contributed by atoms with Crippen molar-refractivity contribution in [2.75, 3.05) is 6.54 Å². The van der Waals surface area contributed by atoms with Crippen LogP contribution in [0.3, 0.4) is 0 Å². The summed E-state index contributed by atoms with van der Waals surface area (Å²) in [6, 6.07) is 9.03. The number of hydrogen-bond acceptors (Lipinski definition) is 3. The van der Waals surface area contributed by atoms with Gasteiger partial charge in [-0.1, -0.05) is 18.2 Å². The molecule has 0 aliphatic carbocycles. The van der Waals surface area contributed by atoms with Crippen LogP contribution in [0.25, 0.3) is 0 Å². The molecule has 1 aliphatic rings. The molecule has 0 saturated carbocycles. The molecule has 2 aromatic rings. The summed E-state index contributed by atoms with van der Waals surface area (Å²) >= 11 is 0. The molecule has 3 rings (SSSR count). The van der Waals surface area contributed by atoms with Gasteiger partial charge < -0.3 is 0 Å². The van der Waals surface area contributed by atoms with Crippen molar-refractivity contribution in [3.8, 4) is 0 Å². The van der Waals surface area contributed by atoms with Crippen molar-refractivity contribution < 1.29 is 0 Å². The van der Waals surface area contributed by atoms with E-state index in [1.54, 1.807) is 0 Å². The van der Waals surface area contributed by atoms with Crippen LogP contribution < -0.4 is 0 Å². The molecule has 2 aromatic heterocycles. The number of rotatable bonds is 4. The van der Waals surface area contributed by atoms with Crippen LogP contribution in [0.4, 0.5) is 0 Å². The highest BCUT2D eigenvalue weighted by atomic mass is 15.2. The first kappa shape index (κ1) is 15.9. The molecule has 2 atom stereocenters. The van der Waals surface area contributed by atoms with Gasteiger partial charge in [-0.15, -0.1) is 6.58 Å². The van der Waals surface area contributed by atoms with Crippen LogP contribution in [0.5, 0.6) is 0 Å². The first-order chi connectivity index (χ1) is 11.2. The van der Waals surface area contributed by atoms with Crippen molar-refractivity contribution in [2.24, 2.45) is 0 Å². The zero-order chi connectivity index (χ0) is 16.2. The van der Waals surface area contributed by atoms with E-state index in [2.05, 4.69) is 47.4 Å². The largest absolute Gasteiger partial charge is 0.283 e. The first-order valence-corrected chi connectivity index (χ1v) is 8.42. The zero-order valence-electron chi connectivity index (χ0n) is 14.1. The summed E-state index contributed by atoms with van der Waals surface area (Å²) in [5, 5.41) is 0. The van der Waals surface area contributed by atoms with Crippen LogP contribution in [0, 0.1) is 13.8 Å². The molecule has 1 aliphatic heterocycles. The lowest BCUT2D eigenvalue weighted by Crippen LogP contribution is -2.38. The molecule has 0 unspecified atom stereocenters. The fourth-order valence-electron chi connectivity index (χ4n) is 3.74. The maximum Gasteiger partial charge on any atom is 0.0604 e. The highest BCUT2D eigenvalue weighted by Crippen LogP contribution is 2.41. The maximum atomic E-state index is 4.69. The van der Waals surface area contributed by atoms with Crippen molar-refractivity contribution in [2.45, 2.75) is 45.2 Å². The number of pyridine rings is 2. The van der Waals surface area contributed by atoms with Gasteiger partial charge in [-0.3, -0.25) is 14.9 Å². The van der Waals surface area contributed by atoms with Crippen molar-refractivity contribution in [1.82, 2.24) is 14.9 Å². The van der Waals surface area contributed by atoms with Gasteiger partial charge in [0.05, 0.1) is 23.5 Å². The summed E-state index contributed by atoms with van der Waals surface area (Å²) in [6.45, 7) is 9.15. The number of likely N-dealkylation sites (tertiary alicyclic amines) is 1. The van der Waals surface area contributed by atoms with Gasteiger partial charge in [0, 0.05) is 18.9 Å². The molecular weight excluding hydrogens is 282 g/mol. The highest BCUT2D eigenvalue weighted by Gasteiger charge is 2.34. The highest BCUT2D eigenvalue weighted by molar-refractivity contribution is 5.26. The molecular formula is C20H25N3. The fraction of sp³-hybridized carbons (Fsp3) is 0.400. The third-order valence-electron chi connectivity index (χ3n) is 4.83. The van der Waals surface area contributed by atoms with Gasteiger partial charge >= 0.3 is 0 Å². The van der Waals surface area contributed by atoms with Gasteiger partial charge in [0.15, 0.2) is 0 Å². The molecule has 3 heterocycles. The number of piperidine rings is 1. The van der Waals surface area contributed by atoms with E-state index in [4.69, 9.17) is 0 Å². The zero-order valence-corrected chi connectivity index (χ0v) is 14.1. The standard InChI is InChI=1S/C20H25N3/c1-4-14-23-17(19-15(2)8-6-12-21-19)10-5-11-18(23)20-16(3)9-7-13-22-20/h4,6-9,12-13,17-18H,1,5,10-11,14H2,2-3H3/t17-,18+. The number of nitrogens with zero attached hydrogens (tertiary/aromatic N) is 3. The fourth-order valence-corrected chi connectivity index (χ4v) is 3.74. The molecule has 3 nitrogen and oxygen atoms in total. The van der Waals surface area contributed by atoms with Gasteiger partial charge in [0.25, 0.3) is 0 Å². The summed E-state index contributed by atoms with van der Waals surface area (Å²) in [5.41, 5.74) is 4.94. The SMILES string of the molecule is C=CCN1[C@@H](c2ncccc2C)CCC[C@H]1c1ncccc1C. The van der Waals surface area contributed by atoms with Crippen molar-refractivity contribution in [3.63, 3.8) is 0 Å². The van der Waals surface area contributed by atoms with Gasteiger partial charge in [0.2, 0.25) is 0 Å². The smallest absolute Gasteiger partial charge is 0.0604 e. The molecule has 0 amide bonds. The van der Waals surface area contributed by atoms with E-state index in [-0.39, 0.29) is 0 Å². The molecule has 0 N–H and O–H groups in total. The monoisotopic (exact) mass is 307 g/mol. The van der Waals surface area contributed by atoms with Gasteiger partial charge in [-0.25, -0.2) is 0 Å². The Hall–Kier alpha value is -2.00. The first-order valence-electron chi connectivity index (χ1n) is 8.42. The Balaban J connectivity index is 2.00. The maximum absolute atomic E-state index is 4.69. The normalized spacial score (nSPS) is 22.0. The van der Waals surface area contributed by atoms with Crippen molar-refractivity contribution in [3.05, 3.63) is 71.8 Å². The number of hydrogen-bond donors (Lipinski definition) is 0. The second-order valence-electron chi connectivity index (χ2n) is 6.36. The Morgan fingerprint density at radius 2 is 1.57 bits per heavy atom. The Morgan fingerprint density at radius 1 is 1.04 bits per heavy atom. The topological polar surface area (TPSA) is 29.0 Å². The molecule has 1 saturated heterocycles. The van der Waals surface area contributed by atoms with Crippen LogP contribution in [0.1, 0.15) is 53.9 Å². The van der Waals surface area contributed by atoms with E-state index in [1.807, 2.05) is 30.6 Å². The summed E-state index contributed by atoms with van der Waals surface area (Å²) in [4.78, 5) is 11.9. The lowest BCUT2D eigenvalue weighted by atomic mass is 9.89. The third-order valence-corrected chi connectivity index (χ3v) is 4.83. The van der Waals surface area contributed by atoms with E-state index in [9.17, 15) is 0 Å². The minimum Gasteiger partial charge on any atom is -0.283 e. The Morgan fingerprint density at radius 3 is 2.00 bits per heavy atom. The second-order valence-corrected chi connectivity index (χ2v) is 6.36. The molecule has 23 heavy (non-hydrogen) atoms. The van der Waals surface area contributed by atoms with E-state index in [0.29, 0.717) is 12.1 Å². The van der Waals surface area contributed by atoms with Crippen molar-refractivity contribution >= 4 is 0 Å². The molecule has 120 valence electrons. The summed E-state index contributed by atoms with van der Waals surface area (Å²) in [6.07, 6.45) is 9.31. The van der Waals surface area contributed by atoms with Crippen LogP contribution in [-0.2, 0) is 0 Å². The second kappa shape index (κ2) is 7.05. The minimum atomic E-state index is 0.342.